The maximum atomic E-state index is 11.6. The molecule has 0 radical (unpaired) electrons. The van der Waals surface area contributed by atoms with Crippen LogP contribution in [0.1, 0.15) is 26.7 Å². The Bertz CT molecular complexity index is 220. The molecule has 3 N–H and O–H groups in total. The van der Waals surface area contributed by atoms with E-state index in [0.29, 0.717) is 26.2 Å². The molecule has 0 aliphatic heterocycles. The Kier molecular flexibility index (Phi) is 8.12. The van der Waals surface area contributed by atoms with Crippen molar-refractivity contribution in [3.63, 3.8) is 0 Å². The fraction of sp³-hybridized carbons (Fsp3) is 0.917. The summed E-state index contributed by atoms with van der Waals surface area (Å²) in [6.07, 6.45) is 1.44. The number of ether oxygens (including phenoxy) is 2. The third-order valence-electron chi connectivity index (χ3n) is 2.69. The molecule has 1 amide bonds. The maximum Gasteiger partial charge on any atom is 0.237 e. The number of nitrogens with two attached hydrogens (primary N) is 1. The lowest BCUT2D eigenvalue weighted by Gasteiger charge is -2.25. The molecule has 1 atom stereocenters. The molecule has 5 heteroatoms. The lowest BCUT2D eigenvalue weighted by atomic mass is 9.89. The number of carbonyl (C=O) groups is 1. The molecule has 0 spiro atoms. The molecule has 0 aromatic rings. The molecule has 0 saturated carbocycles. The summed E-state index contributed by atoms with van der Waals surface area (Å²) in [5.41, 5.74) is 5.74. The molecular formula is C12H26N2O3. The largest absolute Gasteiger partial charge is 0.385 e. The van der Waals surface area contributed by atoms with Gasteiger partial charge in [0.2, 0.25) is 5.91 Å². The van der Waals surface area contributed by atoms with E-state index in [1.54, 1.807) is 14.2 Å². The van der Waals surface area contributed by atoms with E-state index in [9.17, 15) is 4.79 Å². The van der Waals surface area contributed by atoms with Crippen molar-refractivity contribution in [1.29, 1.82) is 0 Å². The summed E-state index contributed by atoms with van der Waals surface area (Å²) in [7, 11) is 3.27. The van der Waals surface area contributed by atoms with Crippen LogP contribution in [0, 0.1) is 5.41 Å². The van der Waals surface area contributed by atoms with Gasteiger partial charge in [0.25, 0.3) is 0 Å². The summed E-state index contributed by atoms with van der Waals surface area (Å²) in [5, 5.41) is 2.87. The van der Waals surface area contributed by atoms with Gasteiger partial charge in [-0.15, -0.1) is 0 Å². The Labute approximate surface area is 104 Å². The molecule has 0 aromatic carbocycles. The molecule has 1 unspecified atom stereocenters. The topological polar surface area (TPSA) is 73.6 Å². The van der Waals surface area contributed by atoms with E-state index in [2.05, 4.69) is 19.2 Å². The van der Waals surface area contributed by atoms with Crippen molar-refractivity contribution in [2.75, 3.05) is 34.0 Å². The standard InChI is InChI=1S/C12H26N2O3/c1-12(2,6-8-17-4)9-14-11(15)10(13)5-7-16-3/h10H,5-9,13H2,1-4H3,(H,14,15). The molecule has 0 fully saturated rings. The molecule has 0 aliphatic carbocycles. The van der Waals surface area contributed by atoms with Gasteiger partial charge in [-0.1, -0.05) is 13.8 Å². The molecule has 0 aromatic heterocycles. The normalized spacial score (nSPS) is 13.5. The zero-order valence-corrected chi connectivity index (χ0v) is 11.4. The summed E-state index contributed by atoms with van der Waals surface area (Å²) < 4.78 is 9.92. The summed E-state index contributed by atoms with van der Waals surface area (Å²) in [6, 6.07) is -0.492. The van der Waals surface area contributed by atoms with Crippen LogP contribution in [0.25, 0.3) is 0 Å². The second-order valence-corrected chi connectivity index (χ2v) is 5.01. The van der Waals surface area contributed by atoms with Crippen molar-refractivity contribution >= 4 is 5.91 Å². The highest BCUT2D eigenvalue weighted by atomic mass is 16.5. The van der Waals surface area contributed by atoms with Gasteiger partial charge < -0.3 is 20.5 Å². The molecule has 0 rings (SSSR count). The van der Waals surface area contributed by atoms with Crippen LogP contribution >= 0.6 is 0 Å². The van der Waals surface area contributed by atoms with E-state index in [1.807, 2.05) is 0 Å². The first-order chi connectivity index (χ1) is 7.93. The highest BCUT2D eigenvalue weighted by Crippen LogP contribution is 2.18. The SMILES string of the molecule is COCCC(N)C(=O)NCC(C)(C)CCOC. The Balaban J connectivity index is 3.88. The average Bonchev–Trinajstić information content (AvgIpc) is 2.30. The van der Waals surface area contributed by atoms with Gasteiger partial charge in [0.05, 0.1) is 6.04 Å². The number of hydrogen-bond acceptors (Lipinski definition) is 4. The van der Waals surface area contributed by atoms with Gasteiger partial charge >= 0.3 is 0 Å². The summed E-state index contributed by atoms with van der Waals surface area (Å²) in [6.45, 7) is 5.98. The van der Waals surface area contributed by atoms with Crippen LogP contribution in [0.2, 0.25) is 0 Å². The van der Waals surface area contributed by atoms with Gasteiger partial charge in [-0.2, -0.15) is 0 Å². The third-order valence-corrected chi connectivity index (χ3v) is 2.69. The summed E-state index contributed by atoms with van der Waals surface area (Å²) >= 11 is 0. The first-order valence-electron chi connectivity index (χ1n) is 5.94. The first kappa shape index (κ1) is 16.4. The third kappa shape index (κ3) is 8.12. The van der Waals surface area contributed by atoms with Crippen molar-refractivity contribution in [3.05, 3.63) is 0 Å². The lowest BCUT2D eigenvalue weighted by Crippen LogP contribution is -2.44. The monoisotopic (exact) mass is 246 g/mol. The van der Waals surface area contributed by atoms with Crippen LogP contribution < -0.4 is 11.1 Å². The van der Waals surface area contributed by atoms with E-state index >= 15 is 0 Å². The Morgan fingerprint density at radius 3 is 2.41 bits per heavy atom. The Hall–Kier alpha value is -0.650. The van der Waals surface area contributed by atoms with Crippen LogP contribution in [-0.2, 0) is 14.3 Å². The molecule has 102 valence electrons. The number of amides is 1. The number of carbonyl (C=O) groups excluding carboxylic acids is 1. The van der Waals surface area contributed by atoms with Crippen LogP contribution in [0.3, 0.4) is 0 Å². The minimum absolute atomic E-state index is 0.0205. The fourth-order valence-electron chi connectivity index (χ4n) is 1.30. The minimum Gasteiger partial charge on any atom is -0.385 e. The van der Waals surface area contributed by atoms with Crippen molar-refractivity contribution in [2.24, 2.45) is 11.1 Å². The van der Waals surface area contributed by atoms with Gasteiger partial charge in [-0.05, 0) is 18.3 Å². The number of hydrogen-bond donors (Lipinski definition) is 2. The van der Waals surface area contributed by atoms with E-state index in [0.717, 1.165) is 6.42 Å². The Morgan fingerprint density at radius 1 is 1.29 bits per heavy atom. The second-order valence-electron chi connectivity index (χ2n) is 5.01. The predicted molar refractivity (Wildman–Crippen MR) is 67.8 cm³/mol. The highest BCUT2D eigenvalue weighted by molar-refractivity contribution is 5.81. The number of nitrogens with one attached hydrogen (secondary N) is 1. The van der Waals surface area contributed by atoms with E-state index in [4.69, 9.17) is 15.2 Å². The van der Waals surface area contributed by atoms with Crippen LogP contribution in [-0.4, -0.2) is 45.9 Å². The van der Waals surface area contributed by atoms with Crippen molar-refractivity contribution in [1.82, 2.24) is 5.32 Å². The smallest absolute Gasteiger partial charge is 0.237 e. The molecule has 0 saturated heterocycles. The first-order valence-corrected chi connectivity index (χ1v) is 5.94. The number of rotatable bonds is 9. The van der Waals surface area contributed by atoms with E-state index in [1.165, 1.54) is 0 Å². The molecular weight excluding hydrogens is 220 g/mol. The molecule has 0 bridgehead atoms. The number of methoxy groups -OCH3 is 2. The Morgan fingerprint density at radius 2 is 1.88 bits per heavy atom. The lowest BCUT2D eigenvalue weighted by molar-refractivity contribution is -0.123. The average molecular weight is 246 g/mol. The second kappa shape index (κ2) is 8.44. The highest BCUT2D eigenvalue weighted by Gasteiger charge is 2.20. The van der Waals surface area contributed by atoms with Crippen molar-refractivity contribution in [2.45, 2.75) is 32.7 Å². The van der Waals surface area contributed by atoms with Crippen LogP contribution in [0.15, 0.2) is 0 Å². The maximum absolute atomic E-state index is 11.6. The van der Waals surface area contributed by atoms with Crippen molar-refractivity contribution in [3.8, 4) is 0 Å². The predicted octanol–water partition coefficient (Wildman–Crippen LogP) is 0.529. The quantitative estimate of drug-likeness (QED) is 0.622. The van der Waals surface area contributed by atoms with E-state index in [-0.39, 0.29) is 11.3 Å². The summed E-state index contributed by atoms with van der Waals surface area (Å²) in [4.78, 5) is 11.6. The van der Waals surface area contributed by atoms with Crippen LogP contribution in [0.5, 0.6) is 0 Å². The van der Waals surface area contributed by atoms with Crippen molar-refractivity contribution < 1.29 is 14.3 Å². The molecule has 17 heavy (non-hydrogen) atoms. The van der Waals surface area contributed by atoms with Gasteiger partial charge in [-0.3, -0.25) is 4.79 Å². The van der Waals surface area contributed by atoms with Gasteiger partial charge in [-0.25, -0.2) is 0 Å². The molecule has 0 heterocycles. The van der Waals surface area contributed by atoms with E-state index < -0.39 is 6.04 Å². The van der Waals surface area contributed by atoms with Gasteiger partial charge in [0.15, 0.2) is 0 Å². The zero-order valence-electron chi connectivity index (χ0n) is 11.4. The van der Waals surface area contributed by atoms with Crippen LogP contribution in [0.4, 0.5) is 0 Å². The zero-order chi connectivity index (χ0) is 13.3. The van der Waals surface area contributed by atoms with Gasteiger partial charge in [0.1, 0.15) is 0 Å². The molecule has 0 aliphatic rings. The van der Waals surface area contributed by atoms with Gasteiger partial charge in [0, 0.05) is 34.0 Å². The molecule has 5 nitrogen and oxygen atoms in total. The fourth-order valence-corrected chi connectivity index (χ4v) is 1.30. The minimum atomic E-state index is -0.492. The summed E-state index contributed by atoms with van der Waals surface area (Å²) in [5.74, 6) is -0.118.